The number of carbonyl (C=O) groups is 2. The van der Waals surface area contributed by atoms with Gasteiger partial charge in [-0.3, -0.25) is 4.79 Å². The van der Waals surface area contributed by atoms with Crippen molar-refractivity contribution < 1.29 is 14.7 Å². The maximum Gasteiger partial charge on any atom is 0.321 e. The summed E-state index contributed by atoms with van der Waals surface area (Å²) >= 11 is 0. The maximum atomic E-state index is 11.8. The van der Waals surface area contributed by atoms with Gasteiger partial charge in [-0.2, -0.15) is 0 Å². The third-order valence-corrected chi connectivity index (χ3v) is 3.28. The molecule has 1 aromatic rings. The molecule has 2 N–H and O–H groups in total. The number of nitrogens with one attached hydrogen (secondary N) is 1. The molecule has 0 bridgehead atoms. The highest BCUT2D eigenvalue weighted by molar-refractivity contribution is 5.91. The third kappa shape index (κ3) is 2.45. The molecule has 1 aliphatic heterocycles. The third-order valence-electron chi connectivity index (χ3n) is 3.28. The zero-order valence-electron chi connectivity index (χ0n) is 10.4. The number of hydrogen-bond donors (Lipinski definition) is 2. The first-order chi connectivity index (χ1) is 8.47. The lowest BCUT2D eigenvalue weighted by molar-refractivity contribution is -0.145. The Morgan fingerprint density at radius 3 is 2.50 bits per heavy atom. The van der Waals surface area contributed by atoms with Crippen molar-refractivity contribution in [3.63, 3.8) is 0 Å². The number of carboxylic acids is 1. The van der Waals surface area contributed by atoms with Crippen LogP contribution in [0.4, 0.5) is 10.5 Å². The highest BCUT2D eigenvalue weighted by Crippen LogP contribution is 2.19. The molecule has 2 amide bonds. The second kappa shape index (κ2) is 4.68. The number of aryl methyl sites for hydroxylation is 2. The van der Waals surface area contributed by atoms with Crippen LogP contribution in [0.3, 0.4) is 0 Å². The summed E-state index contributed by atoms with van der Waals surface area (Å²) in [4.78, 5) is 23.9. The van der Waals surface area contributed by atoms with Crippen molar-refractivity contribution in [3.05, 3.63) is 29.3 Å². The molecule has 1 heterocycles. The van der Waals surface area contributed by atoms with Gasteiger partial charge in [-0.25, -0.2) is 4.79 Å². The van der Waals surface area contributed by atoms with Gasteiger partial charge in [0.05, 0.1) is 5.92 Å². The van der Waals surface area contributed by atoms with Crippen molar-refractivity contribution in [2.75, 3.05) is 18.4 Å². The molecule has 0 unspecified atom stereocenters. The highest BCUT2D eigenvalue weighted by Gasteiger charge is 2.35. The van der Waals surface area contributed by atoms with Gasteiger partial charge in [0.1, 0.15) is 0 Å². The molecule has 0 saturated carbocycles. The van der Waals surface area contributed by atoms with Gasteiger partial charge in [0.15, 0.2) is 0 Å². The molecule has 96 valence electrons. The fourth-order valence-electron chi connectivity index (χ4n) is 1.82. The molecule has 2 rings (SSSR count). The van der Waals surface area contributed by atoms with Crippen LogP contribution >= 0.6 is 0 Å². The van der Waals surface area contributed by atoms with E-state index >= 15 is 0 Å². The highest BCUT2D eigenvalue weighted by atomic mass is 16.4. The number of urea groups is 1. The van der Waals surface area contributed by atoms with Crippen LogP contribution in [0, 0.1) is 19.8 Å². The van der Waals surface area contributed by atoms with E-state index in [2.05, 4.69) is 5.32 Å². The number of rotatable bonds is 2. The zero-order chi connectivity index (χ0) is 13.3. The Morgan fingerprint density at radius 2 is 1.94 bits per heavy atom. The number of carbonyl (C=O) groups excluding carboxylic acids is 1. The van der Waals surface area contributed by atoms with Crippen LogP contribution in [-0.4, -0.2) is 35.1 Å². The van der Waals surface area contributed by atoms with Gasteiger partial charge >= 0.3 is 12.0 Å². The standard InChI is InChI=1S/C13H16N2O3/c1-8-3-4-11(5-9(8)2)14-13(18)15-6-10(7-15)12(16)17/h3-5,10H,6-7H2,1-2H3,(H,14,18)(H,16,17). The Labute approximate surface area is 105 Å². The number of aliphatic carboxylic acids is 1. The van der Waals surface area contributed by atoms with Crippen molar-refractivity contribution >= 4 is 17.7 Å². The van der Waals surface area contributed by atoms with Crippen LogP contribution in [0.2, 0.25) is 0 Å². The molecule has 0 aliphatic carbocycles. The van der Waals surface area contributed by atoms with Gasteiger partial charge in [0, 0.05) is 18.8 Å². The molecule has 1 fully saturated rings. The first-order valence-corrected chi connectivity index (χ1v) is 5.83. The van der Waals surface area contributed by atoms with Crippen LogP contribution in [0.1, 0.15) is 11.1 Å². The molecule has 1 aromatic carbocycles. The average molecular weight is 248 g/mol. The minimum absolute atomic E-state index is 0.240. The zero-order valence-corrected chi connectivity index (χ0v) is 10.4. The smallest absolute Gasteiger partial charge is 0.321 e. The van der Waals surface area contributed by atoms with E-state index < -0.39 is 11.9 Å². The fraction of sp³-hybridized carbons (Fsp3) is 0.385. The van der Waals surface area contributed by atoms with Crippen molar-refractivity contribution in [2.24, 2.45) is 5.92 Å². The van der Waals surface area contributed by atoms with E-state index in [1.54, 1.807) is 0 Å². The predicted octanol–water partition coefficient (Wildman–Crippen LogP) is 1.85. The molecular formula is C13H16N2O3. The second-order valence-corrected chi connectivity index (χ2v) is 4.67. The lowest BCUT2D eigenvalue weighted by atomic mass is 10.0. The number of anilines is 1. The van der Waals surface area contributed by atoms with Gasteiger partial charge in [-0.15, -0.1) is 0 Å². The Kier molecular flexibility index (Phi) is 3.23. The van der Waals surface area contributed by atoms with E-state index in [0.29, 0.717) is 0 Å². The Morgan fingerprint density at radius 1 is 1.28 bits per heavy atom. The molecule has 0 atom stereocenters. The first kappa shape index (κ1) is 12.4. The molecule has 18 heavy (non-hydrogen) atoms. The van der Waals surface area contributed by atoms with E-state index in [4.69, 9.17) is 5.11 Å². The van der Waals surface area contributed by atoms with Crippen molar-refractivity contribution in [2.45, 2.75) is 13.8 Å². The van der Waals surface area contributed by atoms with Crippen molar-refractivity contribution in [1.82, 2.24) is 4.90 Å². The molecule has 0 spiro atoms. The molecule has 5 nitrogen and oxygen atoms in total. The average Bonchev–Trinajstić information content (AvgIpc) is 2.20. The number of amides is 2. The summed E-state index contributed by atoms with van der Waals surface area (Å²) in [6, 6.07) is 5.45. The van der Waals surface area contributed by atoms with Crippen LogP contribution in [0.15, 0.2) is 18.2 Å². The summed E-state index contributed by atoms with van der Waals surface area (Å²) in [6.07, 6.45) is 0. The summed E-state index contributed by atoms with van der Waals surface area (Å²) in [6.45, 7) is 4.56. The molecular weight excluding hydrogens is 232 g/mol. The van der Waals surface area contributed by atoms with Crippen LogP contribution in [0.25, 0.3) is 0 Å². The maximum absolute atomic E-state index is 11.8. The summed E-state index contributed by atoms with van der Waals surface area (Å²) < 4.78 is 0. The summed E-state index contributed by atoms with van der Waals surface area (Å²) in [5.41, 5.74) is 3.02. The van der Waals surface area contributed by atoms with E-state index in [9.17, 15) is 9.59 Å². The van der Waals surface area contributed by atoms with Gasteiger partial charge in [0.25, 0.3) is 0 Å². The fourth-order valence-corrected chi connectivity index (χ4v) is 1.82. The van der Waals surface area contributed by atoms with E-state index in [-0.39, 0.29) is 19.1 Å². The molecule has 0 radical (unpaired) electrons. The largest absolute Gasteiger partial charge is 0.481 e. The van der Waals surface area contributed by atoms with E-state index in [1.807, 2.05) is 32.0 Å². The molecule has 5 heteroatoms. The Balaban J connectivity index is 1.92. The minimum atomic E-state index is -0.842. The molecule has 0 aromatic heterocycles. The lowest BCUT2D eigenvalue weighted by Gasteiger charge is -2.36. The summed E-state index contributed by atoms with van der Waals surface area (Å²) in [5, 5.41) is 11.5. The van der Waals surface area contributed by atoms with Gasteiger partial charge in [-0.05, 0) is 37.1 Å². The predicted molar refractivity (Wildman–Crippen MR) is 67.6 cm³/mol. The summed E-state index contributed by atoms with van der Waals surface area (Å²) in [5.74, 6) is -1.26. The number of nitrogens with zero attached hydrogens (tertiary/aromatic N) is 1. The quantitative estimate of drug-likeness (QED) is 0.839. The Bertz CT molecular complexity index is 493. The van der Waals surface area contributed by atoms with Gasteiger partial charge in [-0.1, -0.05) is 6.07 Å². The first-order valence-electron chi connectivity index (χ1n) is 5.83. The van der Waals surface area contributed by atoms with Crippen LogP contribution in [-0.2, 0) is 4.79 Å². The SMILES string of the molecule is Cc1ccc(NC(=O)N2CC(C(=O)O)C2)cc1C. The number of hydrogen-bond acceptors (Lipinski definition) is 2. The van der Waals surface area contributed by atoms with E-state index in [0.717, 1.165) is 11.3 Å². The van der Waals surface area contributed by atoms with Crippen LogP contribution < -0.4 is 5.32 Å². The number of carboxylic acid groups (broad SMARTS) is 1. The van der Waals surface area contributed by atoms with E-state index in [1.165, 1.54) is 10.5 Å². The van der Waals surface area contributed by atoms with Gasteiger partial charge in [0.2, 0.25) is 0 Å². The summed E-state index contributed by atoms with van der Waals surface area (Å²) in [7, 11) is 0. The van der Waals surface area contributed by atoms with Crippen molar-refractivity contribution in [1.29, 1.82) is 0 Å². The van der Waals surface area contributed by atoms with Crippen molar-refractivity contribution in [3.8, 4) is 0 Å². The second-order valence-electron chi connectivity index (χ2n) is 4.67. The monoisotopic (exact) mass is 248 g/mol. The number of likely N-dealkylation sites (tertiary alicyclic amines) is 1. The Hall–Kier alpha value is -2.04. The molecule has 1 aliphatic rings. The topological polar surface area (TPSA) is 69.6 Å². The van der Waals surface area contributed by atoms with Crippen LogP contribution in [0.5, 0.6) is 0 Å². The normalized spacial score (nSPS) is 15.1. The lowest BCUT2D eigenvalue weighted by Crippen LogP contribution is -2.54. The van der Waals surface area contributed by atoms with Gasteiger partial charge < -0.3 is 15.3 Å². The molecule has 1 saturated heterocycles. The minimum Gasteiger partial charge on any atom is -0.481 e. The number of benzene rings is 1.